The van der Waals surface area contributed by atoms with Crippen LogP contribution in [0.4, 0.5) is 11.4 Å². The molecule has 4 heterocycles. The van der Waals surface area contributed by atoms with Gasteiger partial charge in [0, 0.05) is 31.7 Å². The van der Waals surface area contributed by atoms with E-state index in [1.54, 1.807) is 0 Å². The van der Waals surface area contributed by atoms with E-state index < -0.39 is 36.8 Å². The number of anilines is 2. The van der Waals surface area contributed by atoms with E-state index in [2.05, 4.69) is 55.5 Å². The summed E-state index contributed by atoms with van der Waals surface area (Å²) >= 11 is 0. The average Bonchev–Trinajstić information content (AvgIpc) is 3.65. The number of amides is 2. The van der Waals surface area contributed by atoms with Gasteiger partial charge < -0.3 is 35.5 Å². The highest BCUT2D eigenvalue weighted by Crippen LogP contribution is 2.41. The summed E-state index contributed by atoms with van der Waals surface area (Å²) in [6, 6.07) is 23.9. The number of hydrogen-bond donors (Lipinski definition) is 5. The molecule has 8 rings (SSSR count). The zero-order valence-corrected chi connectivity index (χ0v) is 31.5. The number of ketones is 1. The first-order valence-electron chi connectivity index (χ1n) is 17.4. The normalized spacial score (nSPS) is 16.0. The second-order valence-electron chi connectivity index (χ2n) is 13.4. The van der Waals surface area contributed by atoms with Crippen molar-refractivity contribution in [2.24, 2.45) is 11.1 Å². The minimum Gasteiger partial charge on any atom is -0.479 e. The molecule has 0 atom stereocenters. The lowest BCUT2D eigenvalue weighted by Crippen LogP contribution is -2.27. The maximum absolute atomic E-state index is 12.4. The number of fused-ring (bicyclic) bond motifs is 6. The standard InChI is InChI=1S/C20H19N3O4.C18H16N2O2.C2H5NO3.ClH/c1-23-8-7-13-14(12-5-3-2-4-6-12)9-15-18(16(13)10-23)21-20(26)19(15)22-27-11-17(24)25;1-20-8-7-12-13(11-5-3-2-4-6-11)9-14-16(15(12)10-20)19-18(22)17(14)21;3-6-1-2(4)5;/h2-6,9H,7-8,10-11H2,1H3,(H,24,25)(H,21,22,26);2-6,9H,7-8,10H2,1H3,(H,19,21,22);1,3H2,(H,4,5);1H. The SMILES string of the molecule is CN1CCc2c(-c3ccccc3)cc3c(c2C1)NC(=O)/C3=N\OCC(=O)O.CN1CCc2c(-c3ccccc3)cc3c(c2C1)NC(=O)C3=O.Cl.NOCC(=O)O. The fourth-order valence-corrected chi connectivity index (χ4v) is 7.09. The summed E-state index contributed by atoms with van der Waals surface area (Å²) in [4.78, 5) is 69.4. The van der Waals surface area contributed by atoms with E-state index in [1.165, 1.54) is 11.1 Å². The Morgan fingerprint density at radius 2 is 1.16 bits per heavy atom. The number of aliphatic carboxylic acids is 2. The van der Waals surface area contributed by atoms with Gasteiger partial charge in [-0.25, -0.2) is 15.5 Å². The number of hydrogen-bond acceptors (Lipinski definition) is 11. The van der Waals surface area contributed by atoms with Crippen LogP contribution in [0.25, 0.3) is 22.3 Å². The molecule has 0 saturated carbocycles. The van der Waals surface area contributed by atoms with Crippen LogP contribution < -0.4 is 16.5 Å². The van der Waals surface area contributed by atoms with E-state index >= 15 is 0 Å². The number of carboxylic acids is 2. The summed E-state index contributed by atoms with van der Waals surface area (Å²) in [6.45, 7) is 2.38. The molecular formula is C40H41ClN6O9. The number of carbonyl (C=O) groups excluding carboxylic acids is 3. The summed E-state index contributed by atoms with van der Waals surface area (Å²) in [6.07, 6.45) is 1.81. The van der Waals surface area contributed by atoms with Crippen molar-refractivity contribution >= 4 is 59.0 Å². The van der Waals surface area contributed by atoms with Gasteiger partial charge >= 0.3 is 11.9 Å². The van der Waals surface area contributed by atoms with E-state index in [9.17, 15) is 24.0 Å². The minimum atomic E-state index is -1.14. The monoisotopic (exact) mass is 784 g/mol. The van der Waals surface area contributed by atoms with Gasteiger partial charge in [0.2, 0.25) is 6.61 Å². The molecule has 56 heavy (non-hydrogen) atoms. The first kappa shape index (κ1) is 41.2. The number of nitrogens with one attached hydrogen (secondary N) is 2. The zero-order valence-electron chi connectivity index (χ0n) is 30.7. The largest absolute Gasteiger partial charge is 0.479 e. The Morgan fingerprint density at radius 1 is 0.696 bits per heavy atom. The topological polar surface area (TPSA) is 213 Å². The Morgan fingerprint density at radius 3 is 1.62 bits per heavy atom. The molecule has 4 aromatic carbocycles. The molecule has 15 nitrogen and oxygen atoms in total. The minimum absolute atomic E-state index is 0. The first-order valence-corrected chi connectivity index (χ1v) is 17.4. The number of benzene rings is 4. The Bertz CT molecular complexity index is 2200. The molecule has 2 amide bonds. The van der Waals surface area contributed by atoms with E-state index in [4.69, 9.17) is 15.1 Å². The zero-order chi connectivity index (χ0) is 39.2. The lowest BCUT2D eigenvalue weighted by Gasteiger charge is -2.29. The summed E-state index contributed by atoms with van der Waals surface area (Å²) < 4.78 is 0. The number of halogens is 1. The molecule has 0 aliphatic carbocycles. The molecule has 6 N–H and O–H groups in total. The van der Waals surface area contributed by atoms with Gasteiger partial charge in [-0.05, 0) is 83.6 Å². The molecule has 0 saturated heterocycles. The molecule has 0 aromatic heterocycles. The van der Waals surface area contributed by atoms with Crippen molar-refractivity contribution in [2.75, 3.05) is 51.0 Å². The molecule has 4 aliphatic heterocycles. The van der Waals surface area contributed by atoms with Crippen LogP contribution in [-0.4, -0.2) is 95.7 Å². The van der Waals surface area contributed by atoms with Gasteiger partial charge in [0.05, 0.1) is 16.9 Å². The second-order valence-corrected chi connectivity index (χ2v) is 13.4. The Kier molecular flexibility index (Phi) is 13.3. The lowest BCUT2D eigenvalue weighted by molar-refractivity contribution is -0.143. The smallest absolute Gasteiger partial charge is 0.344 e. The Hall–Kier alpha value is -5.97. The van der Waals surface area contributed by atoms with E-state index in [-0.39, 0.29) is 24.0 Å². The molecular weight excluding hydrogens is 744 g/mol. The molecule has 0 spiro atoms. The first-order chi connectivity index (χ1) is 26.5. The highest BCUT2D eigenvalue weighted by Gasteiger charge is 2.35. The molecule has 4 aromatic rings. The van der Waals surface area contributed by atoms with Crippen molar-refractivity contribution < 1.29 is 43.9 Å². The molecule has 0 radical (unpaired) electrons. The summed E-state index contributed by atoms with van der Waals surface area (Å²) in [7, 11) is 4.11. The molecule has 0 fully saturated rings. The number of Topliss-reactive ketones (excluding diaryl/α,β-unsaturated/α-hetero) is 1. The quantitative estimate of drug-likeness (QED) is 0.133. The molecule has 16 heteroatoms. The van der Waals surface area contributed by atoms with Gasteiger partial charge in [0.15, 0.2) is 12.3 Å². The second kappa shape index (κ2) is 18.1. The summed E-state index contributed by atoms with van der Waals surface area (Å²) in [5, 5.41) is 25.9. The summed E-state index contributed by atoms with van der Waals surface area (Å²) in [5.41, 5.74) is 11.7. The maximum Gasteiger partial charge on any atom is 0.344 e. The number of carboxylic acid groups (broad SMARTS) is 2. The van der Waals surface area contributed by atoms with Gasteiger partial charge in [-0.3, -0.25) is 19.2 Å². The van der Waals surface area contributed by atoms with Gasteiger partial charge in [-0.2, -0.15) is 0 Å². The highest BCUT2D eigenvalue weighted by molar-refractivity contribution is 6.54. The van der Waals surface area contributed by atoms with Crippen LogP contribution in [-0.2, 0) is 54.8 Å². The van der Waals surface area contributed by atoms with Crippen LogP contribution in [0.5, 0.6) is 0 Å². The number of carbonyl (C=O) groups is 5. The van der Waals surface area contributed by atoms with Crippen LogP contribution >= 0.6 is 12.4 Å². The van der Waals surface area contributed by atoms with Crippen molar-refractivity contribution in [1.82, 2.24) is 9.80 Å². The number of oxime groups is 1. The molecule has 0 bridgehead atoms. The van der Waals surface area contributed by atoms with Crippen molar-refractivity contribution in [2.45, 2.75) is 25.9 Å². The van der Waals surface area contributed by atoms with E-state index in [0.29, 0.717) is 11.1 Å². The third-order valence-corrected chi connectivity index (χ3v) is 9.56. The number of nitrogens with two attached hydrogens (primary N) is 1. The van der Waals surface area contributed by atoms with Crippen molar-refractivity contribution in [3.8, 4) is 22.3 Å². The highest BCUT2D eigenvalue weighted by atomic mass is 35.5. The van der Waals surface area contributed by atoms with E-state index in [1.807, 2.05) is 67.7 Å². The van der Waals surface area contributed by atoms with Crippen LogP contribution in [0.3, 0.4) is 0 Å². The third-order valence-electron chi connectivity index (χ3n) is 9.56. The van der Waals surface area contributed by atoms with Crippen molar-refractivity contribution in [3.63, 3.8) is 0 Å². The lowest BCUT2D eigenvalue weighted by atomic mass is 9.87. The summed E-state index contributed by atoms with van der Waals surface area (Å²) in [5.74, 6) is 0.823. The van der Waals surface area contributed by atoms with Crippen molar-refractivity contribution in [3.05, 3.63) is 106 Å². The Balaban J connectivity index is 0.000000187. The van der Waals surface area contributed by atoms with Crippen LogP contribution in [0.2, 0.25) is 0 Å². The fraction of sp³-hybridized carbons (Fsp3) is 0.250. The predicted molar refractivity (Wildman–Crippen MR) is 211 cm³/mol. The van der Waals surface area contributed by atoms with Crippen molar-refractivity contribution in [1.29, 1.82) is 0 Å². The Labute approximate surface area is 328 Å². The van der Waals surface area contributed by atoms with Crippen LogP contribution in [0.1, 0.15) is 38.2 Å². The van der Waals surface area contributed by atoms with Crippen LogP contribution in [0.15, 0.2) is 78.0 Å². The third kappa shape index (κ3) is 8.94. The van der Waals surface area contributed by atoms with E-state index in [0.717, 1.165) is 83.8 Å². The number of nitrogens with zero attached hydrogens (tertiary/aromatic N) is 3. The fourth-order valence-electron chi connectivity index (χ4n) is 7.09. The molecule has 0 unspecified atom stereocenters. The molecule has 4 aliphatic rings. The maximum atomic E-state index is 12.4. The molecule has 292 valence electrons. The average molecular weight is 785 g/mol. The van der Waals surface area contributed by atoms with Gasteiger partial charge in [0.25, 0.3) is 17.6 Å². The number of likely N-dealkylation sites (N-methyl/N-ethyl adjacent to an activating group) is 2. The van der Waals surface area contributed by atoms with Gasteiger partial charge in [-0.15, -0.1) is 12.4 Å². The van der Waals surface area contributed by atoms with Gasteiger partial charge in [0.1, 0.15) is 0 Å². The van der Waals surface area contributed by atoms with Gasteiger partial charge in [-0.1, -0.05) is 65.8 Å². The van der Waals surface area contributed by atoms with Crippen LogP contribution in [0, 0.1) is 0 Å². The predicted octanol–water partition coefficient (Wildman–Crippen LogP) is 3.96. The number of rotatable bonds is 7.